The Morgan fingerprint density at radius 2 is 2.05 bits per heavy atom. The molecule has 1 aromatic heterocycles. The number of aromatic nitrogens is 1. The van der Waals surface area contributed by atoms with E-state index in [-0.39, 0.29) is 5.91 Å². The summed E-state index contributed by atoms with van der Waals surface area (Å²) in [4.78, 5) is 18.4. The molecule has 0 spiro atoms. The second-order valence-electron chi connectivity index (χ2n) is 4.81. The minimum Gasteiger partial charge on any atom is -0.338 e. The summed E-state index contributed by atoms with van der Waals surface area (Å²) >= 11 is 0. The van der Waals surface area contributed by atoms with Crippen LogP contribution in [0.15, 0.2) is 48.8 Å². The molecular weight excluding hydrogens is 236 g/mol. The fraction of sp³-hybridized carbons (Fsp3) is 0.250. The lowest BCUT2D eigenvalue weighted by atomic mass is 9.99. The smallest absolute Gasteiger partial charge is 0.254 e. The van der Waals surface area contributed by atoms with Crippen LogP contribution in [0.5, 0.6) is 0 Å². The van der Waals surface area contributed by atoms with Crippen molar-refractivity contribution in [3.05, 3.63) is 65.5 Å². The van der Waals surface area contributed by atoms with E-state index in [1.165, 1.54) is 11.1 Å². The van der Waals surface area contributed by atoms with Gasteiger partial charge in [-0.2, -0.15) is 0 Å². The highest BCUT2D eigenvalue weighted by Gasteiger charge is 2.23. The lowest BCUT2D eigenvalue weighted by molar-refractivity contribution is 0.0741. The number of hydrogen-bond acceptors (Lipinski definition) is 2. The van der Waals surface area contributed by atoms with Crippen molar-refractivity contribution >= 4 is 5.91 Å². The molecule has 2 heterocycles. The average Bonchev–Trinajstić information content (AvgIpc) is 2.48. The van der Waals surface area contributed by atoms with Crippen LogP contribution in [0.1, 0.15) is 21.5 Å². The molecule has 0 atom stereocenters. The highest BCUT2D eigenvalue weighted by Crippen LogP contribution is 2.18. The van der Waals surface area contributed by atoms with Crippen LogP contribution < -0.4 is 0 Å². The third kappa shape index (κ3) is 2.50. The Labute approximate surface area is 112 Å². The number of carbonyl (C=O) groups excluding carboxylic acids is 1. The van der Waals surface area contributed by atoms with Gasteiger partial charge in [-0.25, -0.2) is 0 Å². The Balaban J connectivity index is 1.69. The van der Waals surface area contributed by atoms with Gasteiger partial charge in [-0.15, -0.1) is 0 Å². The van der Waals surface area contributed by atoms with Crippen molar-refractivity contribution in [1.82, 2.24) is 9.88 Å². The van der Waals surface area contributed by atoms with Gasteiger partial charge in [0, 0.05) is 31.0 Å². The normalized spacial score (nSPS) is 14.3. The molecule has 1 aromatic carbocycles. The molecule has 0 saturated heterocycles. The van der Waals surface area contributed by atoms with Gasteiger partial charge < -0.3 is 4.90 Å². The highest BCUT2D eigenvalue weighted by atomic mass is 16.2. The van der Waals surface area contributed by atoms with Crippen LogP contribution in [-0.2, 0) is 12.8 Å². The van der Waals surface area contributed by atoms with Gasteiger partial charge in [0.05, 0.1) is 0 Å². The molecule has 0 N–H and O–H groups in total. The van der Waals surface area contributed by atoms with E-state index in [0.29, 0.717) is 0 Å². The van der Waals surface area contributed by atoms with E-state index in [0.717, 1.165) is 31.5 Å². The van der Waals surface area contributed by atoms with Crippen molar-refractivity contribution in [2.24, 2.45) is 0 Å². The fourth-order valence-corrected chi connectivity index (χ4v) is 2.50. The minimum atomic E-state index is 0.158. The molecule has 1 aliphatic heterocycles. The third-order valence-corrected chi connectivity index (χ3v) is 3.58. The lowest BCUT2D eigenvalue weighted by Crippen LogP contribution is -2.38. The molecule has 0 aliphatic carbocycles. The van der Waals surface area contributed by atoms with Crippen molar-refractivity contribution in [2.75, 3.05) is 13.1 Å². The van der Waals surface area contributed by atoms with Crippen molar-refractivity contribution < 1.29 is 4.79 Å². The second kappa shape index (κ2) is 5.22. The molecule has 1 amide bonds. The van der Waals surface area contributed by atoms with Crippen molar-refractivity contribution in [3.8, 4) is 0 Å². The van der Waals surface area contributed by atoms with Crippen molar-refractivity contribution in [3.63, 3.8) is 0 Å². The first kappa shape index (κ1) is 11.9. The molecular formula is C16H16N2O. The van der Waals surface area contributed by atoms with E-state index < -0.39 is 0 Å². The Bertz CT molecular complexity index is 580. The summed E-state index contributed by atoms with van der Waals surface area (Å²) in [6, 6.07) is 11.9. The van der Waals surface area contributed by atoms with Crippen LogP contribution in [0, 0.1) is 0 Å². The van der Waals surface area contributed by atoms with Gasteiger partial charge >= 0.3 is 0 Å². The van der Waals surface area contributed by atoms with Gasteiger partial charge in [0.25, 0.3) is 5.91 Å². The summed E-state index contributed by atoms with van der Waals surface area (Å²) in [6.07, 6.45) is 5.45. The molecule has 2 aromatic rings. The average molecular weight is 252 g/mol. The predicted molar refractivity (Wildman–Crippen MR) is 74.0 cm³/mol. The van der Waals surface area contributed by atoms with E-state index in [9.17, 15) is 4.79 Å². The van der Waals surface area contributed by atoms with Crippen LogP contribution in [0.2, 0.25) is 0 Å². The van der Waals surface area contributed by atoms with Crippen LogP contribution in [-0.4, -0.2) is 28.9 Å². The van der Waals surface area contributed by atoms with Crippen LogP contribution in [0.4, 0.5) is 0 Å². The number of carbonyl (C=O) groups is 1. The summed E-state index contributed by atoms with van der Waals surface area (Å²) in [5, 5.41) is 0. The number of pyridine rings is 1. The van der Waals surface area contributed by atoms with Gasteiger partial charge in [-0.3, -0.25) is 9.78 Å². The van der Waals surface area contributed by atoms with Gasteiger partial charge in [0.15, 0.2) is 0 Å². The predicted octanol–water partition coefficient (Wildman–Crippen LogP) is 2.32. The molecule has 1 aliphatic rings. The molecule has 3 nitrogen and oxygen atoms in total. The zero-order chi connectivity index (χ0) is 13.1. The SMILES string of the molecule is O=C1c2ccccc2CCN1CCc1cccnc1. The molecule has 3 rings (SSSR count). The molecule has 19 heavy (non-hydrogen) atoms. The number of fused-ring (bicyclic) bond motifs is 1. The van der Waals surface area contributed by atoms with Gasteiger partial charge in [-0.05, 0) is 36.1 Å². The summed E-state index contributed by atoms with van der Waals surface area (Å²) in [5.41, 5.74) is 3.21. The minimum absolute atomic E-state index is 0.158. The lowest BCUT2D eigenvalue weighted by Gasteiger charge is -2.28. The number of benzene rings is 1. The molecule has 0 unspecified atom stereocenters. The van der Waals surface area contributed by atoms with Crippen molar-refractivity contribution in [2.45, 2.75) is 12.8 Å². The first-order valence-electron chi connectivity index (χ1n) is 6.61. The summed E-state index contributed by atoms with van der Waals surface area (Å²) in [5.74, 6) is 0.158. The number of rotatable bonds is 3. The second-order valence-corrected chi connectivity index (χ2v) is 4.81. The molecule has 96 valence electrons. The Morgan fingerprint density at radius 1 is 1.16 bits per heavy atom. The van der Waals surface area contributed by atoms with Gasteiger partial charge in [-0.1, -0.05) is 24.3 Å². The standard InChI is InChI=1S/C16H16N2O/c19-16-15-6-2-1-5-14(15)8-11-18(16)10-7-13-4-3-9-17-12-13/h1-6,9,12H,7-8,10-11H2. The molecule has 0 bridgehead atoms. The number of nitrogens with zero attached hydrogens (tertiary/aromatic N) is 2. The summed E-state index contributed by atoms with van der Waals surface area (Å²) < 4.78 is 0. The first-order chi connectivity index (χ1) is 9.34. The Hall–Kier alpha value is -2.16. The highest BCUT2D eigenvalue weighted by molar-refractivity contribution is 5.96. The maximum absolute atomic E-state index is 12.3. The van der Waals surface area contributed by atoms with E-state index in [2.05, 4.69) is 11.1 Å². The third-order valence-electron chi connectivity index (χ3n) is 3.58. The molecule has 0 saturated carbocycles. The zero-order valence-corrected chi connectivity index (χ0v) is 10.7. The van der Waals surface area contributed by atoms with Gasteiger partial charge in [0.1, 0.15) is 0 Å². The topological polar surface area (TPSA) is 33.2 Å². The maximum Gasteiger partial charge on any atom is 0.254 e. The summed E-state index contributed by atoms with van der Waals surface area (Å²) in [6.45, 7) is 1.58. The summed E-state index contributed by atoms with van der Waals surface area (Å²) in [7, 11) is 0. The Morgan fingerprint density at radius 3 is 2.89 bits per heavy atom. The number of hydrogen-bond donors (Lipinski definition) is 0. The maximum atomic E-state index is 12.3. The Kier molecular flexibility index (Phi) is 3.27. The van der Waals surface area contributed by atoms with Crippen molar-refractivity contribution in [1.29, 1.82) is 0 Å². The zero-order valence-electron chi connectivity index (χ0n) is 10.7. The molecule has 0 fully saturated rings. The van der Waals surface area contributed by atoms with E-state index in [1.807, 2.05) is 41.4 Å². The fourth-order valence-electron chi connectivity index (χ4n) is 2.50. The van der Waals surface area contributed by atoms with Crippen LogP contribution in [0.3, 0.4) is 0 Å². The van der Waals surface area contributed by atoms with E-state index >= 15 is 0 Å². The molecule has 3 heteroatoms. The number of amides is 1. The van der Waals surface area contributed by atoms with Crippen LogP contribution in [0.25, 0.3) is 0 Å². The quantitative estimate of drug-likeness (QED) is 0.840. The largest absolute Gasteiger partial charge is 0.338 e. The van der Waals surface area contributed by atoms with Crippen LogP contribution >= 0.6 is 0 Å². The molecule has 0 radical (unpaired) electrons. The monoisotopic (exact) mass is 252 g/mol. The van der Waals surface area contributed by atoms with E-state index in [4.69, 9.17) is 0 Å². The first-order valence-corrected chi connectivity index (χ1v) is 6.61. The van der Waals surface area contributed by atoms with Gasteiger partial charge in [0.2, 0.25) is 0 Å². The van der Waals surface area contributed by atoms with E-state index in [1.54, 1.807) is 6.20 Å².